The lowest BCUT2D eigenvalue weighted by atomic mass is 10.0. The number of hydrogen-bond donors (Lipinski definition) is 0. The SMILES string of the molecule is O=[N+]([O-])c1ccc2cccc3c2c1[C@H](Br)[C@@H]3Br. The van der Waals surface area contributed by atoms with Gasteiger partial charge < -0.3 is 0 Å². The third-order valence-electron chi connectivity index (χ3n) is 3.12. The average Bonchev–Trinajstić information content (AvgIpc) is 2.57. The first-order chi connectivity index (χ1) is 8.11. The van der Waals surface area contributed by atoms with Gasteiger partial charge in [-0.25, -0.2) is 0 Å². The van der Waals surface area contributed by atoms with Crippen molar-refractivity contribution in [3.63, 3.8) is 0 Å². The van der Waals surface area contributed by atoms with Crippen molar-refractivity contribution in [1.82, 2.24) is 0 Å². The van der Waals surface area contributed by atoms with Gasteiger partial charge in [-0.05, 0) is 22.4 Å². The minimum Gasteiger partial charge on any atom is -0.258 e. The Morgan fingerprint density at radius 1 is 1.12 bits per heavy atom. The fourth-order valence-electron chi connectivity index (χ4n) is 2.40. The molecule has 0 bridgehead atoms. The molecule has 0 heterocycles. The van der Waals surface area contributed by atoms with Crippen molar-refractivity contribution < 1.29 is 4.92 Å². The van der Waals surface area contributed by atoms with E-state index in [2.05, 4.69) is 31.9 Å². The second-order valence-corrected chi connectivity index (χ2v) is 5.98. The molecule has 0 saturated heterocycles. The van der Waals surface area contributed by atoms with Gasteiger partial charge in [0, 0.05) is 6.07 Å². The Morgan fingerprint density at radius 3 is 2.59 bits per heavy atom. The van der Waals surface area contributed by atoms with Crippen LogP contribution < -0.4 is 0 Å². The van der Waals surface area contributed by atoms with Gasteiger partial charge in [0.1, 0.15) is 0 Å². The summed E-state index contributed by atoms with van der Waals surface area (Å²) in [6.07, 6.45) is 0. The van der Waals surface area contributed by atoms with Gasteiger partial charge in [-0.1, -0.05) is 50.1 Å². The number of nitro groups is 1. The predicted octanol–water partition coefficient (Wildman–Crippen LogP) is 4.63. The minimum atomic E-state index is -0.315. The van der Waals surface area contributed by atoms with Crippen LogP contribution in [0.1, 0.15) is 20.8 Å². The smallest absolute Gasteiger partial charge is 0.258 e. The highest BCUT2D eigenvalue weighted by atomic mass is 79.9. The molecule has 0 spiro atoms. The van der Waals surface area contributed by atoms with E-state index in [1.165, 1.54) is 0 Å². The minimum absolute atomic E-state index is 0.0519. The molecule has 0 N–H and O–H groups in total. The number of alkyl halides is 2. The van der Waals surface area contributed by atoms with Crippen LogP contribution in [-0.2, 0) is 0 Å². The lowest BCUT2D eigenvalue weighted by Gasteiger charge is -2.07. The van der Waals surface area contributed by atoms with E-state index in [1.54, 1.807) is 6.07 Å². The number of benzene rings is 2. The highest BCUT2D eigenvalue weighted by Crippen LogP contribution is 2.55. The summed E-state index contributed by atoms with van der Waals surface area (Å²) in [5.74, 6) is 0. The summed E-state index contributed by atoms with van der Waals surface area (Å²) in [7, 11) is 0. The van der Waals surface area contributed by atoms with E-state index >= 15 is 0 Å². The molecule has 0 fully saturated rings. The zero-order chi connectivity index (χ0) is 12.2. The molecule has 1 aliphatic carbocycles. The quantitative estimate of drug-likeness (QED) is 0.424. The molecule has 86 valence electrons. The zero-order valence-electron chi connectivity index (χ0n) is 8.56. The molecule has 2 atom stereocenters. The van der Waals surface area contributed by atoms with Crippen LogP contribution in [0.4, 0.5) is 5.69 Å². The van der Waals surface area contributed by atoms with E-state index in [4.69, 9.17) is 0 Å². The average molecular weight is 357 g/mol. The Hall–Kier alpha value is -0.940. The number of rotatable bonds is 1. The molecule has 17 heavy (non-hydrogen) atoms. The van der Waals surface area contributed by atoms with Crippen LogP contribution in [0.15, 0.2) is 30.3 Å². The molecule has 5 heteroatoms. The lowest BCUT2D eigenvalue weighted by molar-refractivity contribution is -0.385. The maximum atomic E-state index is 11.1. The Balaban J connectivity index is 2.47. The maximum absolute atomic E-state index is 11.1. The summed E-state index contributed by atoms with van der Waals surface area (Å²) in [5, 5.41) is 13.1. The Kier molecular flexibility index (Phi) is 2.48. The van der Waals surface area contributed by atoms with Crippen LogP contribution in [0.2, 0.25) is 0 Å². The normalized spacial score (nSPS) is 22.0. The van der Waals surface area contributed by atoms with Gasteiger partial charge >= 0.3 is 0 Å². The first-order valence-corrected chi connectivity index (χ1v) is 6.92. The van der Waals surface area contributed by atoms with E-state index in [9.17, 15) is 10.1 Å². The Morgan fingerprint density at radius 2 is 1.88 bits per heavy atom. The van der Waals surface area contributed by atoms with E-state index in [0.717, 1.165) is 21.9 Å². The van der Waals surface area contributed by atoms with E-state index < -0.39 is 0 Å². The third-order valence-corrected chi connectivity index (χ3v) is 5.84. The first kappa shape index (κ1) is 11.2. The number of nitro benzene ring substituents is 1. The summed E-state index contributed by atoms with van der Waals surface area (Å²) in [5.41, 5.74) is 2.09. The van der Waals surface area contributed by atoms with E-state index in [1.807, 2.05) is 24.3 Å². The van der Waals surface area contributed by atoms with Gasteiger partial charge in [-0.2, -0.15) is 0 Å². The van der Waals surface area contributed by atoms with Crippen molar-refractivity contribution in [2.75, 3.05) is 0 Å². The Bertz CT molecular complexity index is 642. The third kappa shape index (κ3) is 1.45. The molecule has 3 nitrogen and oxygen atoms in total. The molecule has 3 rings (SSSR count). The molecular weight excluding hydrogens is 350 g/mol. The molecule has 0 aliphatic heterocycles. The second kappa shape index (κ2) is 3.78. The monoisotopic (exact) mass is 355 g/mol. The van der Waals surface area contributed by atoms with Crippen molar-refractivity contribution in [3.05, 3.63) is 51.6 Å². The summed E-state index contributed by atoms with van der Waals surface area (Å²) in [6.45, 7) is 0. The Labute approximate surface area is 114 Å². The lowest BCUT2D eigenvalue weighted by Crippen LogP contribution is -1.96. The van der Waals surface area contributed by atoms with Crippen molar-refractivity contribution in [2.24, 2.45) is 0 Å². The molecular formula is C12H7Br2NO2. The summed E-state index contributed by atoms with van der Waals surface area (Å²) in [4.78, 5) is 10.8. The van der Waals surface area contributed by atoms with Crippen molar-refractivity contribution >= 4 is 48.3 Å². The molecule has 2 aromatic carbocycles. The van der Waals surface area contributed by atoms with Gasteiger partial charge in [0.15, 0.2) is 0 Å². The fraction of sp³-hybridized carbons (Fsp3) is 0.167. The second-order valence-electron chi connectivity index (χ2n) is 4.00. The van der Waals surface area contributed by atoms with Gasteiger partial charge in [-0.15, -0.1) is 0 Å². The summed E-state index contributed by atoms with van der Waals surface area (Å²) in [6, 6.07) is 9.37. The molecule has 2 aromatic rings. The highest BCUT2D eigenvalue weighted by molar-refractivity contribution is 9.12. The number of nitrogens with zero attached hydrogens (tertiary/aromatic N) is 1. The number of halogens is 2. The molecule has 0 aromatic heterocycles. The predicted molar refractivity (Wildman–Crippen MR) is 73.9 cm³/mol. The van der Waals surface area contributed by atoms with Crippen LogP contribution in [-0.4, -0.2) is 4.92 Å². The summed E-state index contributed by atoms with van der Waals surface area (Å²) < 4.78 is 0. The molecule has 1 aliphatic rings. The van der Waals surface area contributed by atoms with Gasteiger partial charge in [-0.3, -0.25) is 10.1 Å². The van der Waals surface area contributed by atoms with Gasteiger partial charge in [0.2, 0.25) is 0 Å². The zero-order valence-corrected chi connectivity index (χ0v) is 11.7. The topological polar surface area (TPSA) is 43.1 Å². The first-order valence-electron chi connectivity index (χ1n) is 5.09. The molecule has 0 radical (unpaired) electrons. The van der Waals surface area contributed by atoms with Crippen LogP contribution >= 0.6 is 31.9 Å². The number of hydrogen-bond acceptors (Lipinski definition) is 2. The van der Waals surface area contributed by atoms with Crippen LogP contribution in [0.5, 0.6) is 0 Å². The van der Waals surface area contributed by atoms with Crippen molar-refractivity contribution in [1.29, 1.82) is 0 Å². The van der Waals surface area contributed by atoms with E-state index in [0.29, 0.717) is 0 Å². The highest BCUT2D eigenvalue weighted by Gasteiger charge is 2.36. The van der Waals surface area contributed by atoms with Crippen molar-refractivity contribution in [2.45, 2.75) is 9.65 Å². The van der Waals surface area contributed by atoms with Crippen LogP contribution in [0.25, 0.3) is 10.8 Å². The summed E-state index contributed by atoms with van der Waals surface area (Å²) >= 11 is 7.14. The van der Waals surface area contributed by atoms with Crippen molar-refractivity contribution in [3.8, 4) is 0 Å². The largest absolute Gasteiger partial charge is 0.274 e. The van der Waals surface area contributed by atoms with Gasteiger partial charge in [0.25, 0.3) is 5.69 Å². The fourth-order valence-corrected chi connectivity index (χ4v) is 3.79. The van der Waals surface area contributed by atoms with Crippen LogP contribution in [0, 0.1) is 10.1 Å². The van der Waals surface area contributed by atoms with E-state index in [-0.39, 0.29) is 20.3 Å². The van der Waals surface area contributed by atoms with Crippen LogP contribution in [0.3, 0.4) is 0 Å². The molecule has 0 saturated carbocycles. The van der Waals surface area contributed by atoms with Gasteiger partial charge in [0.05, 0.1) is 20.1 Å². The maximum Gasteiger partial charge on any atom is 0.274 e. The standard InChI is InChI=1S/C12H7Br2NO2/c13-11-7-3-1-2-6-4-5-8(15(16)17)10(9(6)7)12(11)14/h1-5,11-12H/t11-,12+/m1/s1. The molecule has 0 amide bonds. The molecule has 0 unspecified atom stereocenters.